The fourth-order valence-corrected chi connectivity index (χ4v) is 2.81. The van der Waals surface area contributed by atoms with Crippen molar-refractivity contribution in [1.82, 2.24) is 9.97 Å². The van der Waals surface area contributed by atoms with Crippen molar-refractivity contribution >= 4 is 5.82 Å². The van der Waals surface area contributed by atoms with Gasteiger partial charge in [0.25, 0.3) is 0 Å². The van der Waals surface area contributed by atoms with Gasteiger partial charge in [-0.25, -0.2) is 9.97 Å². The minimum Gasteiger partial charge on any atom is -0.474 e. The Bertz CT molecular complexity index is 422. The van der Waals surface area contributed by atoms with Gasteiger partial charge >= 0.3 is 0 Å². The van der Waals surface area contributed by atoms with Crippen LogP contribution in [0.15, 0.2) is 6.33 Å². The van der Waals surface area contributed by atoms with Gasteiger partial charge in [0.1, 0.15) is 18.2 Å². The second-order valence-electron chi connectivity index (χ2n) is 5.70. The van der Waals surface area contributed by atoms with Crippen LogP contribution in [0.25, 0.3) is 0 Å². The summed E-state index contributed by atoms with van der Waals surface area (Å²) in [6.07, 6.45) is 8.90. The largest absolute Gasteiger partial charge is 0.474 e. The van der Waals surface area contributed by atoms with E-state index in [9.17, 15) is 0 Å². The van der Waals surface area contributed by atoms with Gasteiger partial charge in [0.2, 0.25) is 5.88 Å². The lowest BCUT2D eigenvalue weighted by Crippen LogP contribution is -2.29. The van der Waals surface area contributed by atoms with Crippen LogP contribution >= 0.6 is 0 Å². The van der Waals surface area contributed by atoms with E-state index in [4.69, 9.17) is 4.74 Å². The molecule has 1 aliphatic carbocycles. The zero-order valence-corrected chi connectivity index (χ0v) is 13.0. The van der Waals surface area contributed by atoms with Gasteiger partial charge in [-0.1, -0.05) is 27.2 Å². The molecule has 2 rings (SSSR count). The highest BCUT2D eigenvalue weighted by molar-refractivity contribution is 5.48. The van der Waals surface area contributed by atoms with Crippen molar-refractivity contribution in [2.45, 2.75) is 65.4 Å². The third-order valence-corrected chi connectivity index (χ3v) is 4.10. The molecule has 4 nitrogen and oxygen atoms in total. The summed E-state index contributed by atoms with van der Waals surface area (Å²) in [7, 11) is 0. The number of hydrogen-bond acceptors (Lipinski definition) is 4. The highest BCUT2D eigenvalue weighted by Gasteiger charge is 2.24. The molecule has 0 radical (unpaired) electrons. The first kappa shape index (κ1) is 15.1. The molecular formula is C16H27N3O. The first-order valence-corrected chi connectivity index (χ1v) is 8.00. The lowest BCUT2D eigenvalue weighted by molar-refractivity contribution is 0.0964. The summed E-state index contributed by atoms with van der Waals surface area (Å²) in [6, 6.07) is 0. The van der Waals surface area contributed by atoms with E-state index < -0.39 is 0 Å². The molecule has 0 aromatic carbocycles. The highest BCUT2D eigenvalue weighted by Crippen LogP contribution is 2.30. The molecule has 20 heavy (non-hydrogen) atoms. The van der Waals surface area contributed by atoms with Crippen LogP contribution in [0.2, 0.25) is 0 Å². The lowest BCUT2D eigenvalue weighted by Gasteiger charge is -2.29. The maximum absolute atomic E-state index is 6.22. The molecule has 1 N–H and O–H groups in total. The summed E-state index contributed by atoms with van der Waals surface area (Å²) in [5, 5.41) is 3.37. The highest BCUT2D eigenvalue weighted by atomic mass is 16.5. The number of aromatic nitrogens is 2. The lowest BCUT2D eigenvalue weighted by atomic mass is 9.88. The SMILES string of the molecule is CCCNc1ncnc(OC2CCCCC2C)c1CC. The van der Waals surface area contributed by atoms with Crippen LogP contribution in [0.1, 0.15) is 58.4 Å². The summed E-state index contributed by atoms with van der Waals surface area (Å²) < 4.78 is 6.22. The van der Waals surface area contributed by atoms with Crippen LogP contribution in [0, 0.1) is 5.92 Å². The van der Waals surface area contributed by atoms with Gasteiger partial charge in [0.15, 0.2) is 0 Å². The van der Waals surface area contributed by atoms with E-state index in [0.717, 1.165) is 43.1 Å². The molecule has 1 saturated carbocycles. The van der Waals surface area contributed by atoms with Crippen LogP contribution in [0.5, 0.6) is 5.88 Å². The van der Waals surface area contributed by atoms with E-state index in [1.807, 2.05) is 0 Å². The minimum absolute atomic E-state index is 0.308. The molecule has 0 bridgehead atoms. The molecule has 0 saturated heterocycles. The standard InChI is InChI=1S/C16H27N3O/c1-4-10-17-15-13(5-2)16(19-11-18-15)20-14-9-7-6-8-12(14)3/h11-12,14H,4-10H2,1-3H3,(H,17,18,19). The van der Waals surface area contributed by atoms with Crippen molar-refractivity contribution in [1.29, 1.82) is 0 Å². The van der Waals surface area contributed by atoms with E-state index in [1.165, 1.54) is 19.3 Å². The first-order valence-electron chi connectivity index (χ1n) is 8.00. The molecule has 0 spiro atoms. The topological polar surface area (TPSA) is 47.0 Å². The second kappa shape index (κ2) is 7.46. The average Bonchev–Trinajstić information content (AvgIpc) is 2.47. The van der Waals surface area contributed by atoms with Gasteiger partial charge in [-0.3, -0.25) is 0 Å². The Hall–Kier alpha value is -1.32. The zero-order chi connectivity index (χ0) is 14.4. The monoisotopic (exact) mass is 277 g/mol. The Morgan fingerprint density at radius 1 is 1.25 bits per heavy atom. The molecule has 0 aliphatic heterocycles. The molecule has 1 fully saturated rings. The Balaban J connectivity index is 2.13. The summed E-state index contributed by atoms with van der Waals surface area (Å²) in [5.41, 5.74) is 1.11. The van der Waals surface area contributed by atoms with Crippen LogP contribution in [0.4, 0.5) is 5.82 Å². The summed E-state index contributed by atoms with van der Waals surface area (Å²) in [5.74, 6) is 2.33. The maximum atomic E-state index is 6.22. The van der Waals surface area contributed by atoms with E-state index in [2.05, 4.69) is 36.1 Å². The number of hydrogen-bond donors (Lipinski definition) is 1. The van der Waals surface area contributed by atoms with Crippen LogP contribution < -0.4 is 10.1 Å². The van der Waals surface area contributed by atoms with Gasteiger partial charge in [-0.05, 0) is 38.0 Å². The maximum Gasteiger partial charge on any atom is 0.222 e. The van der Waals surface area contributed by atoms with Crippen LogP contribution in [0.3, 0.4) is 0 Å². The molecule has 1 aromatic rings. The van der Waals surface area contributed by atoms with Gasteiger partial charge in [0, 0.05) is 6.54 Å². The fourth-order valence-electron chi connectivity index (χ4n) is 2.81. The molecule has 4 heteroatoms. The van der Waals surface area contributed by atoms with Crippen LogP contribution in [-0.4, -0.2) is 22.6 Å². The van der Waals surface area contributed by atoms with Crippen molar-refractivity contribution in [2.24, 2.45) is 5.92 Å². The smallest absolute Gasteiger partial charge is 0.222 e. The van der Waals surface area contributed by atoms with Gasteiger partial charge in [-0.2, -0.15) is 0 Å². The Labute approximate surface area is 122 Å². The first-order chi connectivity index (χ1) is 9.76. The van der Waals surface area contributed by atoms with Crippen molar-refractivity contribution in [3.8, 4) is 5.88 Å². The quantitative estimate of drug-likeness (QED) is 0.858. The normalized spacial score (nSPS) is 22.6. The fraction of sp³-hybridized carbons (Fsp3) is 0.750. The van der Waals surface area contributed by atoms with Crippen molar-refractivity contribution in [3.05, 3.63) is 11.9 Å². The van der Waals surface area contributed by atoms with Gasteiger partial charge < -0.3 is 10.1 Å². The van der Waals surface area contributed by atoms with Gasteiger partial charge in [-0.15, -0.1) is 0 Å². The Morgan fingerprint density at radius 3 is 2.75 bits per heavy atom. The zero-order valence-electron chi connectivity index (χ0n) is 13.0. The molecule has 0 amide bonds. The third-order valence-electron chi connectivity index (χ3n) is 4.10. The predicted octanol–water partition coefficient (Wildman–Crippen LogP) is 3.82. The average molecular weight is 277 g/mol. The van der Waals surface area contributed by atoms with Crippen molar-refractivity contribution < 1.29 is 4.74 Å². The molecule has 1 aromatic heterocycles. The minimum atomic E-state index is 0.308. The van der Waals surface area contributed by atoms with Crippen LogP contribution in [-0.2, 0) is 6.42 Å². The molecule has 1 heterocycles. The summed E-state index contributed by atoms with van der Waals surface area (Å²) in [4.78, 5) is 8.73. The predicted molar refractivity (Wildman–Crippen MR) is 82.2 cm³/mol. The molecule has 1 aliphatic rings. The Kier molecular flexibility index (Phi) is 5.62. The van der Waals surface area contributed by atoms with E-state index in [-0.39, 0.29) is 0 Å². The van der Waals surface area contributed by atoms with Crippen molar-refractivity contribution in [3.63, 3.8) is 0 Å². The van der Waals surface area contributed by atoms with E-state index >= 15 is 0 Å². The number of ether oxygens (including phenoxy) is 1. The van der Waals surface area contributed by atoms with Crippen molar-refractivity contribution in [2.75, 3.05) is 11.9 Å². The molecule has 2 unspecified atom stereocenters. The number of nitrogens with one attached hydrogen (secondary N) is 1. The third kappa shape index (κ3) is 3.62. The molecule has 112 valence electrons. The second-order valence-corrected chi connectivity index (χ2v) is 5.70. The number of rotatable bonds is 6. The van der Waals surface area contributed by atoms with E-state index in [1.54, 1.807) is 6.33 Å². The Morgan fingerprint density at radius 2 is 2.05 bits per heavy atom. The number of nitrogens with zero attached hydrogens (tertiary/aromatic N) is 2. The molecule has 2 atom stereocenters. The number of anilines is 1. The summed E-state index contributed by atoms with van der Waals surface area (Å²) >= 11 is 0. The molecular weight excluding hydrogens is 250 g/mol. The van der Waals surface area contributed by atoms with E-state index in [0.29, 0.717) is 12.0 Å². The van der Waals surface area contributed by atoms with Gasteiger partial charge in [0.05, 0.1) is 5.56 Å². The summed E-state index contributed by atoms with van der Waals surface area (Å²) in [6.45, 7) is 7.50.